The van der Waals surface area contributed by atoms with Crippen LogP contribution in [0.5, 0.6) is 0 Å². The summed E-state index contributed by atoms with van der Waals surface area (Å²) < 4.78 is 0. The summed E-state index contributed by atoms with van der Waals surface area (Å²) in [5.41, 5.74) is 5.08. The number of pyridine rings is 1. The van der Waals surface area contributed by atoms with Gasteiger partial charge in [-0.3, -0.25) is 4.98 Å². The molecule has 2 heteroatoms. The molecule has 0 bridgehead atoms. The van der Waals surface area contributed by atoms with E-state index < -0.39 is 0 Å². The summed E-state index contributed by atoms with van der Waals surface area (Å²) >= 11 is 0. The molecule has 0 unspecified atom stereocenters. The van der Waals surface area contributed by atoms with Crippen molar-refractivity contribution in [2.75, 3.05) is 0 Å². The van der Waals surface area contributed by atoms with Crippen molar-refractivity contribution in [3.8, 4) is 0 Å². The van der Waals surface area contributed by atoms with Crippen LogP contribution in [-0.2, 0) is 6.42 Å². The van der Waals surface area contributed by atoms with Crippen LogP contribution in [0.3, 0.4) is 0 Å². The van der Waals surface area contributed by atoms with Gasteiger partial charge >= 0.3 is 0 Å². The fraction of sp³-hybridized carbons (Fsp3) is 0.133. The molecule has 0 atom stereocenters. The van der Waals surface area contributed by atoms with Crippen molar-refractivity contribution in [3.05, 3.63) is 65.6 Å². The molecular formula is C15H14N2. The molecule has 0 radical (unpaired) electrons. The number of hydrogen-bond donors (Lipinski definition) is 1. The highest BCUT2D eigenvalue weighted by molar-refractivity contribution is 5.82. The van der Waals surface area contributed by atoms with Crippen LogP contribution in [0, 0.1) is 6.92 Å². The first-order valence-corrected chi connectivity index (χ1v) is 5.78. The summed E-state index contributed by atoms with van der Waals surface area (Å²) in [6, 6.07) is 10.8. The van der Waals surface area contributed by atoms with Crippen molar-refractivity contribution in [1.82, 2.24) is 9.97 Å². The standard InChI is InChI=1S/C15H14N2/c1-11-2-4-12(5-3-11)8-13-9-17-15-10-16-7-6-14(13)15/h2-7,9-10,17H,8H2,1H3. The van der Waals surface area contributed by atoms with Crippen molar-refractivity contribution >= 4 is 10.9 Å². The van der Waals surface area contributed by atoms with Crippen LogP contribution in [0.4, 0.5) is 0 Å². The van der Waals surface area contributed by atoms with Crippen LogP contribution < -0.4 is 0 Å². The van der Waals surface area contributed by atoms with Gasteiger partial charge in [0.1, 0.15) is 0 Å². The van der Waals surface area contributed by atoms with E-state index in [9.17, 15) is 0 Å². The highest BCUT2D eigenvalue weighted by Crippen LogP contribution is 2.20. The van der Waals surface area contributed by atoms with Crippen molar-refractivity contribution in [2.24, 2.45) is 0 Å². The van der Waals surface area contributed by atoms with E-state index in [-0.39, 0.29) is 0 Å². The summed E-state index contributed by atoms with van der Waals surface area (Å²) in [6.45, 7) is 2.11. The van der Waals surface area contributed by atoms with E-state index in [1.54, 1.807) is 0 Å². The Morgan fingerprint density at radius 2 is 1.94 bits per heavy atom. The molecule has 2 nitrogen and oxygen atoms in total. The van der Waals surface area contributed by atoms with E-state index in [4.69, 9.17) is 0 Å². The second-order valence-corrected chi connectivity index (χ2v) is 4.40. The average Bonchev–Trinajstić information content (AvgIpc) is 2.76. The molecule has 2 heterocycles. The van der Waals surface area contributed by atoms with Crippen molar-refractivity contribution < 1.29 is 0 Å². The van der Waals surface area contributed by atoms with E-state index in [0.29, 0.717) is 0 Å². The maximum Gasteiger partial charge on any atom is 0.0643 e. The van der Waals surface area contributed by atoms with Gasteiger partial charge in [-0.2, -0.15) is 0 Å². The monoisotopic (exact) mass is 222 g/mol. The lowest BCUT2D eigenvalue weighted by molar-refractivity contribution is 1.20. The van der Waals surface area contributed by atoms with Crippen LogP contribution in [-0.4, -0.2) is 9.97 Å². The molecule has 3 rings (SSSR count). The van der Waals surface area contributed by atoms with E-state index in [1.807, 2.05) is 12.4 Å². The summed E-state index contributed by atoms with van der Waals surface area (Å²) in [5.74, 6) is 0. The summed E-state index contributed by atoms with van der Waals surface area (Å²) in [6.07, 6.45) is 6.75. The van der Waals surface area contributed by atoms with Gasteiger partial charge in [0.25, 0.3) is 0 Å². The zero-order chi connectivity index (χ0) is 11.7. The molecule has 1 aromatic carbocycles. The number of nitrogens with one attached hydrogen (secondary N) is 1. The molecule has 0 spiro atoms. The Labute approximate surface area is 100 Å². The van der Waals surface area contributed by atoms with Crippen LogP contribution >= 0.6 is 0 Å². The number of benzene rings is 1. The van der Waals surface area contributed by atoms with E-state index in [1.165, 1.54) is 22.1 Å². The van der Waals surface area contributed by atoms with Gasteiger partial charge in [0.05, 0.1) is 11.7 Å². The van der Waals surface area contributed by atoms with Gasteiger partial charge in [-0.25, -0.2) is 0 Å². The average molecular weight is 222 g/mol. The van der Waals surface area contributed by atoms with Crippen LogP contribution in [0.2, 0.25) is 0 Å². The lowest BCUT2D eigenvalue weighted by Crippen LogP contribution is -1.86. The Hall–Kier alpha value is -2.09. The third-order valence-corrected chi connectivity index (χ3v) is 3.08. The van der Waals surface area contributed by atoms with Crippen LogP contribution in [0.25, 0.3) is 10.9 Å². The number of rotatable bonds is 2. The quantitative estimate of drug-likeness (QED) is 0.706. The molecule has 84 valence electrons. The molecule has 0 aliphatic heterocycles. The lowest BCUT2D eigenvalue weighted by Gasteiger charge is -2.01. The lowest BCUT2D eigenvalue weighted by atomic mass is 10.0. The number of hydrogen-bond acceptors (Lipinski definition) is 1. The minimum absolute atomic E-state index is 0.963. The zero-order valence-corrected chi connectivity index (χ0v) is 9.77. The Balaban J connectivity index is 1.97. The topological polar surface area (TPSA) is 28.7 Å². The molecule has 3 aromatic rings. The SMILES string of the molecule is Cc1ccc(Cc2c[nH]c3cnccc23)cc1. The normalized spacial score (nSPS) is 10.9. The smallest absolute Gasteiger partial charge is 0.0643 e. The third kappa shape index (κ3) is 1.94. The van der Waals surface area contributed by atoms with E-state index in [2.05, 4.69) is 53.4 Å². The van der Waals surface area contributed by atoms with Crippen molar-refractivity contribution in [2.45, 2.75) is 13.3 Å². The predicted molar refractivity (Wildman–Crippen MR) is 70.1 cm³/mol. The fourth-order valence-electron chi connectivity index (χ4n) is 2.10. The molecule has 0 aliphatic carbocycles. The number of H-pyrrole nitrogens is 1. The molecular weight excluding hydrogens is 208 g/mol. The maximum atomic E-state index is 4.11. The second-order valence-electron chi connectivity index (χ2n) is 4.40. The first kappa shape index (κ1) is 10.1. The third-order valence-electron chi connectivity index (χ3n) is 3.08. The van der Waals surface area contributed by atoms with Gasteiger partial charge in [-0.05, 0) is 30.5 Å². The Bertz CT molecular complexity index is 635. The Kier molecular flexibility index (Phi) is 2.41. The second kappa shape index (κ2) is 4.06. The highest BCUT2D eigenvalue weighted by Gasteiger charge is 2.03. The van der Waals surface area contributed by atoms with Crippen molar-refractivity contribution in [1.29, 1.82) is 0 Å². The van der Waals surface area contributed by atoms with Crippen LogP contribution in [0.1, 0.15) is 16.7 Å². The molecule has 0 amide bonds. The Morgan fingerprint density at radius 3 is 2.76 bits per heavy atom. The predicted octanol–water partition coefficient (Wildman–Crippen LogP) is 3.46. The van der Waals surface area contributed by atoms with Gasteiger partial charge in [0.2, 0.25) is 0 Å². The summed E-state index contributed by atoms with van der Waals surface area (Å²) in [5, 5.41) is 1.26. The Morgan fingerprint density at radius 1 is 1.12 bits per heavy atom. The zero-order valence-electron chi connectivity index (χ0n) is 9.77. The van der Waals surface area contributed by atoms with Gasteiger partial charge < -0.3 is 4.98 Å². The van der Waals surface area contributed by atoms with Gasteiger partial charge in [0.15, 0.2) is 0 Å². The molecule has 0 fully saturated rings. The van der Waals surface area contributed by atoms with Crippen LogP contribution in [0.15, 0.2) is 48.9 Å². The van der Waals surface area contributed by atoms with E-state index >= 15 is 0 Å². The summed E-state index contributed by atoms with van der Waals surface area (Å²) in [4.78, 5) is 7.37. The number of aromatic amines is 1. The first-order valence-electron chi connectivity index (χ1n) is 5.78. The number of nitrogens with zero attached hydrogens (tertiary/aromatic N) is 1. The first-order chi connectivity index (χ1) is 8.33. The van der Waals surface area contributed by atoms with Crippen molar-refractivity contribution in [3.63, 3.8) is 0 Å². The molecule has 0 saturated carbocycles. The minimum atomic E-state index is 0.963. The fourth-order valence-corrected chi connectivity index (χ4v) is 2.10. The van der Waals surface area contributed by atoms with Gasteiger partial charge in [0, 0.05) is 17.8 Å². The number of aryl methyl sites for hydroxylation is 1. The minimum Gasteiger partial charge on any atom is -0.360 e. The molecule has 1 N–H and O–H groups in total. The van der Waals surface area contributed by atoms with Gasteiger partial charge in [-0.15, -0.1) is 0 Å². The summed E-state index contributed by atoms with van der Waals surface area (Å²) in [7, 11) is 0. The molecule has 17 heavy (non-hydrogen) atoms. The molecule has 0 aliphatic rings. The van der Waals surface area contributed by atoms with Gasteiger partial charge in [-0.1, -0.05) is 29.8 Å². The van der Waals surface area contributed by atoms with E-state index in [0.717, 1.165) is 11.9 Å². The molecule has 0 saturated heterocycles. The largest absolute Gasteiger partial charge is 0.360 e. The highest BCUT2D eigenvalue weighted by atomic mass is 14.7. The maximum absolute atomic E-state index is 4.11. The number of aromatic nitrogens is 2. The number of fused-ring (bicyclic) bond motifs is 1. The molecule has 2 aromatic heterocycles.